The number of likely N-dealkylation sites (tertiary alicyclic amines) is 1. The Kier molecular flexibility index (Phi) is 8.70. The number of aliphatic carboxylic acids is 1. The van der Waals surface area contributed by atoms with E-state index in [9.17, 15) is 27.5 Å². The van der Waals surface area contributed by atoms with Gasteiger partial charge in [0.1, 0.15) is 10.7 Å². The number of halogens is 3. The summed E-state index contributed by atoms with van der Waals surface area (Å²) in [5.74, 6) is -3.38. The number of rotatable bonds is 10. The predicted octanol–water partition coefficient (Wildman–Crippen LogP) is 7.31. The first-order valence-electron chi connectivity index (χ1n) is 14.0. The SMILES string of the molecule is CC[C@]1(CC(=O)O)CC(c2cccc(Cl)c2)[C@@H](c2ccc(Cl)cc2)N(C(CS(=O)(=O)c2ccccc2F)C2CC2)C1=O. The number of carboxylic acid groups (broad SMARTS) is 1. The molecule has 1 heterocycles. The first-order valence-corrected chi connectivity index (χ1v) is 16.4. The minimum Gasteiger partial charge on any atom is -0.481 e. The average molecular weight is 633 g/mol. The normalized spacial score (nSPS) is 23.5. The summed E-state index contributed by atoms with van der Waals surface area (Å²) in [6.45, 7) is 1.79. The third-order valence-corrected chi connectivity index (χ3v) is 11.0. The van der Waals surface area contributed by atoms with E-state index >= 15 is 0 Å². The van der Waals surface area contributed by atoms with E-state index in [1.54, 1.807) is 30.0 Å². The van der Waals surface area contributed by atoms with Crippen molar-refractivity contribution in [2.75, 3.05) is 5.75 Å². The number of hydrogen-bond acceptors (Lipinski definition) is 4. The molecule has 0 spiro atoms. The molecule has 2 aliphatic rings. The van der Waals surface area contributed by atoms with Gasteiger partial charge in [-0.2, -0.15) is 0 Å². The minimum absolute atomic E-state index is 0.136. The van der Waals surface area contributed by atoms with Gasteiger partial charge in [0.2, 0.25) is 5.91 Å². The van der Waals surface area contributed by atoms with Gasteiger partial charge >= 0.3 is 5.97 Å². The number of amides is 1. The van der Waals surface area contributed by atoms with Crippen LogP contribution in [0.4, 0.5) is 4.39 Å². The summed E-state index contributed by atoms with van der Waals surface area (Å²) in [4.78, 5) is 28.1. The van der Waals surface area contributed by atoms with Crippen LogP contribution in [0.5, 0.6) is 0 Å². The zero-order valence-corrected chi connectivity index (χ0v) is 25.4. The Balaban J connectivity index is 1.72. The number of carboxylic acids is 1. The van der Waals surface area contributed by atoms with Gasteiger partial charge in [-0.1, -0.05) is 66.5 Å². The topological polar surface area (TPSA) is 91.8 Å². The monoisotopic (exact) mass is 631 g/mol. The van der Waals surface area contributed by atoms with Crippen LogP contribution in [0.3, 0.4) is 0 Å². The van der Waals surface area contributed by atoms with E-state index in [0.29, 0.717) is 22.9 Å². The molecule has 3 aromatic rings. The third kappa shape index (κ3) is 6.08. The van der Waals surface area contributed by atoms with Gasteiger partial charge in [0.15, 0.2) is 9.84 Å². The van der Waals surface area contributed by atoms with E-state index in [1.165, 1.54) is 18.2 Å². The fourth-order valence-electron chi connectivity index (χ4n) is 6.45. The standard InChI is InChI=1S/C32H32Cl2FNO5S/c1-2-32(18-29(37)38)17-25(22-6-5-7-24(34)16-22)30(21-12-14-23(33)15-13-21)36(31(32)39)27(20-10-11-20)19-42(40,41)28-9-4-3-8-26(28)35/h3-9,12-16,20,25,27,30H,2,10-11,17-19H2,1H3,(H,37,38)/t25?,27?,30-,32-/m1/s1. The number of benzene rings is 3. The molecule has 2 fully saturated rings. The van der Waals surface area contributed by atoms with Crippen molar-refractivity contribution in [3.63, 3.8) is 0 Å². The van der Waals surface area contributed by atoms with E-state index in [1.807, 2.05) is 30.3 Å². The fourth-order valence-corrected chi connectivity index (χ4v) is 8.49. The van der Waals surface area contributed by atoms with Crippen LogP contribution < -0.4 is 0 Å². The molecule has 222 valence electrons. The maximum atomic E-state index is 14.7. The zero-order valence-electron chi connectivity index (χ0n) is 23.0. The summed E-state index contributed by atoms with van der Waals surface area (Å²) in [5.41, 5.74) is 0.276. The molecule has 3 aromatic carbocycles. The molecule has 1 aliphatic heterocycles. The van der Waals surface area contributed by atoms with Crippen molar-refractivity contribution < 1.29 is 27.5 Å². The van der Waals surface area contributed by atoms with Gasteiger partial charge in [-0.3, -0.25) is 9.59 Å². The van der Waals surface area contributed by atoms with Gasteiger partial charge in [-0.25, -0.2) is 12.8 Å². The number of carbonyl (C=O) groups is 2. The van der Waals surface area contributed by atoms with Gasteiger partial charge in [0.25, 0.3) is 0 Å². The molecule has 1 aliphatic carbocycles. The third-order valence-electron chi connectivity index (χ3n) is 8.72. The van der Waals surface area contributed by atoms with Crippen LogP contribution in [0.2, 0.25) is 10.0 Å². The molecule has 1 amide bonds. The molecular formula is C32H32Cl2FNO5S. The lowest BCUT2D eigenvalue weighted by Gasteiger charge is -2.53. The Bertz CT molecular complexity index is 1590. The summed E-state index contributed by atoms with van der Waals surface area (Å²) in [6, 6.07) is 18.1. The van der Waals surface area contributed by atoms with E-state index in [4.69, 9.17) is 23.2 Å². The highest BCUT2D eigenvalue weighted by molar-refractivity contribution is 7.91. The van der Waals surface area contributed by atoms with Gasteiger partial charge in [-0.05, 0) is 79.1 Å². The Morgan fingerprint density at radius 1 is 1.02 bits per heavy atom. The molecule has 0 aromatic heterocycles. The highest BCUT2D eigenvalue weighted by Gasteiger charge is 2.56. The summed E-state index contributed by atoms with van der Waals surface area (Å²) in [7, 11) is -4.16. The molecule has 1 N–H and O–H groups in total. The first kappa shape index (κ1) is 30.5. The van der Waals surface area contributed by atoms with Crippen LogP contribution >= 0.6 is 23.2 Å². The molecule has 0 radical (unpaired) electrons. The molecule has 42 heavy (non-hydrogen) atoms. The quantitative estimate of drug-likeness (QED) is 0.253. The van der Waals surface area contributed by atoms with E-state index < -0.39 is 68.0 Å². The molecule has 4 atom stereocenters. The highest BCUT2D eigenvalue weighted by Crippen LogP contribution is 2.55. The summed E-state index contributed by atoms with van der Waals surface area (Å²) >= 11 is 12.6. The minimum atomic E-state index is -4.16. The number of piperidine rings is 1. The van der Waals surface area contributed by atoms with Crippen LogP contribution in [-0.4, -0.2) is 42.1 Å². The van der Waals surface area contributed by atoms with Gasteiger partial charge < -0.3 is 10.0 Å². The molecule has 1 saturated heterocycles. The van der Waals surface area contributed by atoms with Crippen molar-refractivity contribution in [3.8, 4) is 0 Å². The lowest BCUT2D eigenvalue weighted by atomic mass is 9.65. The van der Waals surface area contributed by atoms with E-state index in [0.717, 1.165) is 17.2 Å². The van der Waals surface area contributed by atoms with Crippen molar-refractivity contribution in [1.82, 2.24) is 4.90 Å². The van der Waals surface area contributed by atoms with Crippen molar-refractivity contribution in [3.05, 3.63) is 99.8 Å². The molecule has 6 nitrogen and oxygen atoms in total. The number of hydrogen-bond donors (Lipinski definition) is 1. The summed E-state index contributed by atoms with van der Waals surface area (Å²) in [5, 5.41) is 11.0. The average Bonchev–Trinajstić information content (AvgIpc) is 3.79. The first-order chi connectivity index (χ1) is 20.0. The van der Waals surface area contributed by atoms with Crippen molar-refractivity contribution in [2.45, 2.75) is 61.9 Å². The van der Waals surface area contributed by atoms with Crippen LogP contribution in [0.25, 0.3) is 0 Å². The van der Waals surface area contributed by atoms with Gasteiger partial charge in [0, 0.05) is 22.0 Å². The second-order valence-corrected chi connectivity index (χ2v) is 14.3. The second-order valence-electron chi connectivity index (χ2n) is 11.4. The number of nitrogens with zero attached hydrogens (tertiary/aromatic N) is 1. The van der Waals surface area contributed by atoms with Crippen molar-refractivity contribution in [2.24, 2.45) is 11.3 Å². The molecule has 10 heteroatoms. The summed E-state index contributed by atoms with van der Waals surface area (Å²) < 4.78 is 42.2. The maximum Gasteiger partial charge on any atom is 0.304 e. The number of sulfone groups is 1. The van der Waals surface area contributed by atoms with Gasteiger partial charge in [-0.15, -0.1) is 0 Å². The Hall–Kier alpha value is -2.94. The summed E-state index contributed by atoms with van der Waals surface area (Å²) in [6.07, 6.45) is 1.48. The smallest absolute Gasteiger partial charge is 0.304 e. The molecular weight excluding hydrogens is 600 g/mol. The molecule has 5 rings (SSSR count). The fraction of sp³-hybridized carbons (Fsp3) is 0.375. The lowest BCUT2D eigenvalue weighted by Crippen LogP contribution is -2.58. The van der Waals surface area contributed by atoms with Crippen LogP contribution in [-0.2, 0) is 19.4 Å². The Morgan fingerprint density at radius 2 is 1.71 bits per heavy atom. The Morgan fingerprint density at radius 3 is 2.31 bits per heavy atom. The predicted molar refractivity (Wildman–Crippen MR) is 160 cm³/mol. The zero-order chi connectivity index (χ0) is 30.2. The van der Waals surface area contributed by atoms with Crippen LogP contribution in [0.15, 0.2) is 77.7 Å². The Labute approximate surface area is 255 Å². The molecule has 2 unspecified atom stereocenters. The molecule has 1 saturated carbocycles. The van der Waals surface area contributed by atoms with E-state index in [-0.39, 0.29) is 18.8 Å². The largest absolute Gasteiger partial charge is 0.481 e. The second kappa shape index (κ2) is 12.0. The van der Waals surface area contributed by atoms with Gasteiger partial charge in [0.05, 0.1) is 23.6 Å². The maximum absolute atomic E-state index is 14.7. The van der Waals surface area contributed by atoms with Crippen molar-refractivity contribution >= 4 is 44.9 Å². The highest BCUT2D eigenvalue weighted by atomic mass is 35.5. The molecule has 0 bridgehead atoms. The number of carbonyl (C=O) groups excluding carboxylic acids is 1. The van der Waals surface area contributed by atoms with E-state index in [2.05, 4.69) is 0 Å². The van der Waals surface area contributed by atoms with Crippen LogP contribution in [0.1, 0.15) is 62.1 Å². The van der Waals surface area contributed by atoms with Crippen LogP contribution in [0, 0.1) is 17.2 Å². The van der Waals surface area contributed by atoms with Crippen molar-refractivity contribution in [1.29, 1.82) is 0 Å². The lowest BCUT2D eigenvalue weighted by molar-refractivity contribution is -0.162.